The third-order valence-corrected chi connectivity index (χ3v) is 2.76. The van der Waals surface area contributed by atoms with E-state index in [4.69, 9.17) is 27.9 Å². The van der Waals surface area contributed by atoms with Gasteiger partial charge in [-0.05, 0) is 37.6 Å². The first-order chi connectivity index (χ1) is 7.74. The Labute approximate surface area is 107 Å². The van der Waals surface area contributed by atoms with Crippen LogP contribution in [0.5, 0.6) is 0 Å². The van der Waals surface area contributed by atoms with Crippen molar-refractivity contribution in [3.8, 4) is 0 Å². The second-order valence-corrected chi connectivity index (χ2v) is 4.31. The van der Waals surface area contributed by atoms with Gasteiger partial charge in [-0.1, -0.05) is 29.3 Å². The lowest BCUT2D eigenvalue weighted by atomic mass is 10.2. The molecule has 16 heavy (non-hydrogen) atoms. The second-order valence-electron chi connectivity index (χ2n) is 3.46. The summed E-state index contributed by atoms with van der Waals surface area (Å²) in [4.78, 5) is 0. The van der Waals surface area contributed by atoms with E-state index in [-0.39, 0.29) is 0 Å². The van der Waals surface area contributed by atoms with Crippen LogP contribution in [0.1, 0.15) is 18.9 Å². The normalized spacial score (nSPS) is 10.7. The molecule has 2 nitrogen and oxygen atoms in total. The standard InChI is InChI=1S/C12H17Cl2NO/c1-2-16-7-3-6-15-9-10-4-5-11(13)8-12(10)14/h4-5,8,15H,2-3,6-7,9H2,1H3. The van der Waals surface area contributed by atoms with Gasteiger partial charge in [0, 0.05) is 29.8 Å². The van der Waals surface area contributed by atoms with E-state index in [0.29, 0.717) is 10.0 Å². The van der Waals surface area contributed by atoms with Crippen LogP contribution in [0, 0.1) is 0 Å². The van der Waals surface area contributed by atoms with Crippen LogP contribution in [0.2, 0.25) is 10.0 Å². The van der Waals surface area contributed by atoms with Crippen molar-refractivity contribution in [2.24, 2.45) is 0 Å². The largest absolute Gasteiger partial charge is 0.382 e. The molecule has 4 heteroatoms. The summed E-state index contributed by atoms with van der Waals surface area (Å²) in [6.07, 6.45) is 1.01. The van der Waals surface area contributed by atoms with E-state index in [9.17, 15) is 0 Å². The number of hydrogen-bond acceptors (Lipinski definition) is 2. The molecule has 0 bridgehead atoms. The molecule has 90 valence electrons. The molecule has 0 spiro atoms. The van der Waals surface area contributed by atoms with Crippen LogP contribution in [-0.4, -0.2) is 19.8 Å². The van der Waals surface area contributed by atoms with Crippen LogP contribution in [-0.2, 0) is 11.3 Å². The third-order valence-electron chi connectivity index (χ3n) is 2.18. The van der Waals surface area contributed by atoms with E-state index in [0.717, 1.165) is 38.3 Å². The summed E-state index contributed by atoms with van der Waals surface area (Å²) in [5.74, 6) is 0. The molecule has 1 aromatic rings. The van der Waals surface area contributed by atoms with Crippen molar-refractivity contribution < 1.29 is 4.74 Å². The zero-order valence-corrected chi connectivity index (χ0v) is 10.9. The highest BCUT2D eigenvalue weighted by molar-refractivity contribution is 6.35. The molecule has 1 N–H and O–H groups in total. The minimum Gasteiger partial charge on any atom is -0.382 e. The van der Waals surface area contributed by atoms with Crippen LogP contribution >= 0.6 is 23.2 Å². The molecule has 0 aromatic heterocycles. The Morgan fingerprint density at radius 3 is 2.81 bits per heavy atom. The van der Waals surface area contributed by atoms with Crippen molar-refractivity contribution in [2.45, 2.75) is 19.9 Å². The van der Waals surface area contributed by atoms with Gasteiger partial charge in [-0.15, -0.1) is 0 Å². The summed E-state index contributed by atoms with van der Waals surface area (Å²) in [6, 6.07) is 5.56. The number of nitrogens with one attached hydrogen (secondary N) is 1. The third kappa shape index (κ3) is 5.17. The first-order valence-electron chi connectivity index (χ1n) is 5.46. The minimum absolute atomic E-state index is 0.671. The number of halogens is 2. The lowest BCUT2D eigenvalue weighted by Gasteiger charge is -2.07. The van der Waals surface area contributed by atoms with Crippen molar-refractivity contribution in [1.82, 2.24) is 5.32 Å². The lowest BCUT2D eigenvalue weighted by Crippen LogP contribution is -2.16. The summed E-state index contributed by atoms with van der Waals surface area (Å²) in [5, 5.41) is 4.70. The van der Waals surface area contributed by atoms with Gasteiger partial charge in [0.05, 0.1) is 0 Å². The van der Waals surface area contributed by atoms with Gasteiger partial charge in [0.25, 0.3) is 0 Å². The van der Waals surface area contributed by atoms with Gasteiger partial charge in [0.1, 0.15) is 0 Å². The van der Waals surface area contributed by atoms with E-state index in [2.05, 4.69) is 5.32 Å². The Kier molecular flexibility index (Phi) is 6.81. The number of hydrogen-bond donors (Lipinski definition) is 1. The van der Waals surface area contributed by atoms with Crippen LogP contribution < -0.4 is 5.32 Å². The summed E-state index contributed by atoms with van der Waals surface area (Å²) >= 11 is 11.9. The van der Waals surface area contributed by atoms with Crippen LogP contribution in [0.4, 0.5) is 0 Å². The molecule has 1 aromatic carbocycles. The van der Waals surface area contributed by atoms with Gasteiger partial charge >= 0.3 is 0 Å². The lowest BCUT2D eigenvalue weighted by molar-refractivity contribution is 0.144. The Morgan fingerprint density at radius 1 is 1.31 bits per heavy atom. The summed E-state index contributed by atoms with van der Waals surface area (Å²) < 4.78 is 5.24. The van der Waals surface area contributed by atoms with Crippen molar-refractivity contribution in [3.05, 3.63) is 33.8 Å². The summed E-state index contributed by atoms with van der Waals surface area (Å²) in [5.41, 5.74) is 1.07. The van der Waals surface area contributed by atoms with E-state index < -0.39 is 0 Å². The van der Waals surface area contributed by atoms with Crippen LogP contribution in [0.25, 0.3) is 0 Å². The molecule has 0 radical (unpaired) electrons. The van der Waals surface area contributed by atoms with E-state index >= 15 is 0 Å². The molecule has 0 amide bonds. The predicted molar refractivity (Wildman–Crippen MR) is 69.3 cm³/mol. The number of ether oxygens (including phenoxy) is 1. The Bertz CT molecular complexity index is 318. The molecule has 0 aliphatic heterocycles. The number of benzene rings is 1. The van der Waals surface area contributed by atoms with Crippen molar-refractivity contribution in [2.75, 3.05) is 19.8 Å². The van der Waals surface area contributed by atoms with Gasteiger partial charge in [0.2, 0.25) is 0 Å². The van der Waals surface area contributed by atoms with E-state index in [1.807, 2.05) is 19.1 Å². The van der Waals surface area contributed by atoms with E-state index in [1.165, 1.54) is 0 Å². The average molecular weight is 262 g/mol. The van der Waals surface area contributed by atoms with Gasteiger partial charge in [-0.2, -0.15) is 0 Å². The monoisotopic (exact) mass is 261 g/mol. The SMILES string of the molecule is CCOCCCNCc1ccc(Cl)cc1Cl. The maximum absolute atomic E-state index is 6.04. The second kappa shape index (κ2) is 7.91. The van der Waals surface area contributed by atoms with Gasteiger partial charge in [0.15, 0.2) is 0 Å². The molecule has 1 rings (SSSR count). The summed E-state index contributed by atoms with van der Waals surface area (Å²) in [6.45, 7) is 5.28. The zero-order chi connectivity index (χ0) is 11.8. The highest BCUT2D eigenvalue weighted by atomic mass is 35.5. The summed E-state index contributed by atoms with van der Waals surface area (Å²) in [7, 11) is 0. The molecule has 0 heterocycles. The van der Waals surface area contributed by atoms with Crippen LogP contribution in [0.15, 0.2) is 18.2 Å². The minimum atomic E-state index is 0.671. The fraction of sp³-hybridized carbons (Fsp3) is 0.500. The fourth-order valence-electron chi connectivity index (χ4n) is 1.33. The van der Waals surface area contributed by atoms with Gasteiger partial charge in [-0.25, -0.2) is 0 Å². The molecule has 0 saturated heterocycles. The average Bonchev–Trinajstić information content (AvgIpc) is 2.26. The first kappa shape index (κ1) is 13.8. The highest BCUT2D eigenvalue weighted by Gasteiger charge is 2.00. The van der Waals surface area contributed by atoms with Gasteiger partial charge in [-0.3, -0.25) is 0 Å². The predicted octanol–water partition coefficient (Wildman–Crippen LogP) is 3.51. The molecular formula is C12H17Cl2NO. The molecule has 0 atom stereocenters. The van der Waals surface area contributed by atoms with Crippen molar-refractivity contribution >= 4 is 23.2 Å². The molecule has 0 aliphatic carbocycles. The first-order valence-corrected chi connectivity index (χ1v) is 6.22. The van der Waals surface area contributed by atoms with E-state index in [1.54, 1.807) is 6.07 Å². The molecule has 0 saturated carbocycles. The topological polar surface area (TPSA) is 21.3 Å². The maximum Gasteiger partial charge on any atom is 0.0477 e. The Hall–Kier alpha value is -0.280. The Balaban J connectivity index is 2.21. The van der Waals surface area contributed by atoms with Crippen molar-refractivity contribution in [1.29, 1.82) is 0 Å². The quantitative estimate of drug-likeness (QED) is 0.759. The van der Waals surface area contributed by atoms with Gasteiger partial charge < -0.3 is 10.1 Å². The Morgan fingerprint density at radius 2 is 2.12 bits per heavy atom. The highest BCUT2D eigenvalue weighted by Crippen LogP contribution is 2.20. The molecule has 0 fully saturated rings. The van der Waals surface area contributed by atoms with Crippen molar-refractivity contribution in [3.63, 3.8) is 0 Å². The number of rotatable bonds is 7. The zero-order valence-electron chi connectivity index (χ0n) is 9.43. The molecule has 0 aliphatic rings. The van der Waals surface area contributed by atoms with Crippen LogP contribution in [0.3, 0.4) is 0 Å². The smallest absolute Gasteiger partial charge is 0.0477 e. The maximum atomic E-state index is 6.04. The fourth-order valence-corrected chi connectivity index (χ4v) is 1.81. The molecular weight excluding hydrogens is 245 g/mol. The molecule has 0 unspecified atom stereocenters.